The zero-order chi connectivity index (χ0) is 101. The molecule has 0 radical (unpaired) electrons. The summed E-state index contributed by atoms with van der Waals surface area (Å²) in [7, 11) is 0. The molecule has 13 rings (SSSR count). The van der Waals surface area contributed by atoms with Crippen molar-refractivity contribution in [3.05, 3.63) is 11.6 Å². The normalized spacial score (nSPS) is 48.7. The third-order valence-corrected chi connectivity index (χ3v) is 33.3. The fourth-order valence-corrected chi connectivity index (χ4v) is 24.1. The first kappa shape index (κ1) is 111. The highest BCUT2D eigenvalue weighted by Crippen LogP contribution is 2.76. The number of hydrogen-bond acceptors (Lipinski definition) is 45. The van der Waals surface area contributed by atoms with E-state index in [4.69, 9.17) is 85.3 Å². The molecule has 8 saturated heterocycles. The molecule has 46 nitrogen and oxygen atoms in total. The standard InChI is InChI=1S/C92H148O46/c1-13-36(3)46(126-54(102)25-41(98)24-47(37(4)14-2)127-80-63(111)59(107)49(30-94)128-80)23-40(97)26-55(103)131-70-56(104)38(5)124-82(73(70)136-79-65(113)61(109)68(39(6)125-79)132-78-67(115)69(45(100)32-122-78)133-84-75(116)91(120,34-96)35-123-84)138-85(119)92-22-21-86(7,8)27-43(92)42-15-16-51-87(9)19-18-53(88(10,33-95)50(87)17-20-89(51,11)90(42,12)28-52(92)101)130-83-74(137-81-64(112)60(108)58(106)48(29-93)129-81)71(66(114)72(135-83)76(117)118)134-77-62(110)57(105)44(99)31-121-77/h15,33,36-41,43-53,56-75,77-84,93-94,96-101,104-116,120H,13-14,16-32,34-35H2,1-12H3,(H,117,118)/t36-,37-,38?,39?,40-,41-,43?,44?,45?,46-,47-,48?,49?,50?,51?,52+,53-,56?,57?,58?,59?,60?,61?,62?,63?,64?,65?,66?,67?,68?,69?,70?,71?,72?,73?,74?,75?,77?,78?,79?,80?,81?,82?,83?,84?,87-,88-,89+,90+,91?,92+/m0/s1. The Labute approximate surface area is 797 Å². The molecule has 0 aromatic rings. The number of ether oxygens (including phenoxy) is 18. The summed E-state index contributed by atoms with van der Waals surface area (Å²) >= 11 is 0. The molecule has 792 valence electrons. The monoisotopic (exact) mass is 1990 g/mol. The Morgan fingerprint density at radius 2 is 1.06 bits per heavy atom. The molecule has 0 aromatic heterocycles. The highest BCUT2D eigenvalue weighted by atomic mass is 16.8. The van der Waals surface area contributed by atoms with E-state index in [-0.39, 0.29) is 43.9 Å². The average molecular weight is 1990 g/mol. The number of hydrogen-bond donors (Lipinski definition) is 23. The van der Waals surface area contributed by atoms with Crippen LogP contribution in [0.5, 0.6) is 0 Å². The van der Waals surface area contributed by atoms with E-state index >= 15 is 4.79 Å². The molecule has 12 fully saturated rings. The Morgan fingerprint density at radius 1 is 0.507 bits per heavy atom. The molecule has 51 atom stereocenters. The SMILES string of the molecule is CC[C@H](C)[C@H](C[C@H](O)CC(=O)OC1C(O)C(C)OC(OC(=O)[C@]23CCC(C)(C)CC2C2=CCC4[C@@]5(C)CC[C@H](OC6OC(C(=O)O)C(O)C(OC7OCC(O)C(O)C7O)C6OC6OC(CO)C(O)C(O)C6O)[C@@](C)(C=O)C5CC[C@@]4(C)[C@]2(C)C[C@H]3O)C1OC1OC(C)C(OC2OCC(O)C(OC3OCC(O)(CO)C3O)C2O)C(O)C1O)OC(=O)C[C@@H](O)C[C@H](OC1OC(CO)C(O)C1O)[C@@H](C)CC. The molecule has 0 aromatic carbocycles. The molecule has 0 bridgehead atoms. The van der Waals surface area contributed by atoms with E-state index in [0.29, 0.717) is 44.9 Å². The second kappa shape index (κ2) is 44.1. The van der Waals surface area contributed by atoms with Gasteiger partial charge in [-0.3, -0.25) is 14.4 Å². The summed E-state index contributed by atoms with van der Waals surface area (Å²) in [6.45, 7) is 17.5. The maximum atomic E-state index is 16.5. The molecule has 0 amide bonds. The molecular formula is C92H148O46. The van der Waals surface area contributed by atoms with Gasteiger partial charge in [0.1, 0.15) is 152 Å². The lowest BCUT2D eigenvalue weighted by molar-refractivity contribution is -0.391. The van der Waals surface area contributed by atoms with Gasteiger partial charge in [-0.1, -0.05) is 93.7 Å². The summed E-state index contributed by atoms with van der Waals surface area (Å²) in [6.07, 6.45) is -67.2. The smallest absolute Gasteiger partial charge is 0.335 e. The first-order chi connectivity index (χ1) is 64.8. The van der Waals surface area contributed by atoms with Gasteiger partial charge in [-0.15, -0.1) is 0 Å². The number of fused-ring (bicyclic) bond motifs is 7. The Balaban J connectivity index is 0.763. The second-order valence-corrected chi connectivity index (χ2v) is 42.6. The van der Waals surface area contributed by atoms with Gasteiger partial charge in [-0.05, 0) is 123 Å². The number of aliphatic hydroxyl groups is 22. The maximum absolute atomic E-state index is 16.5. The summed E-state index contributed by atoms with van der Waals surface area (Å²) < 4.78 is 109. The summed E-state index contributed by atoms with van der Waals surface area (Å²) in [4.78, 5) is 72.7. The molecule has 8 heterocycles. The summed E-state index contributed by atoms with van der Waals surface area (Å²) in [5, 5.41) is 256. The van der Waals surface area contributed by atoms with Gasteiger partial charge in [0.05, 0.1) is 101 Å². The lowest BCUT2D eigenvalue weighted by Crippen LogP contribution is -2.69. The van der Waals surface area contributed by atoms with E-state index in [1.54, 1.807) is 27.7 Å². The van der Waals surface area contributed by atoms with Crippen LogP contribution in [0.15, 0.2) is 11.6 Å². The number of esters is 3. The molecule has 8 aliphatic heterocycles. The summed E-state index contributed by atoms with van der Waals surface area (Å²) in [5.41, 5.74) is -7.79. The largest absolute Gasteiger partial charge is 0.479 e. The summed E-state index contributed by atoms with van der Waals surface area (Å²) in [5.74, 6) is -7.44. The Hall–Kier alpha value is -4.19. The van der Waals surface area contributed by atoms with Crippen molar-refractivity contribution in [1.29, 1.82) is 0 Å². The molecule has 5 aliphatic carbocycles. The topological polar surface area (TPSA) is 717 Å². The van der Waals surface area contributed by atoms with E-state index in [2.05, 4.69) is 19.9 Å². The number of carboxylic acid groups (broad SMARTS) is 1. The van der Waals surface area contributed by atoms with Crippen molar-refractivity contribution < 1.29 is 227 Å². The highest BCUT2D eigenvalue weighted by molar-refractivity contribution is 5.80. The fourth-order valence-electron chi connectivity index (χ4n) is 24.1. The fraction of sp³-hybridized carbons (Fsp3) is 0.924. The third-order valence-electron chi connectivity index (χ3n) is 33.3. The van der Waals surface area contributed by atoms with Gasteiger partial charge in [-0.25, -0.2) is 4.79 Å². The predicted molar refractivity (Wildman–Crippen MR) is 458 cm³/mol. The number of allylic oxidation sites excluding steroid dienone is 2. The Kier molecular flexibility index (Phi) is 35.5. The van der Waals surface area contributed by atoms with Gasteiger partial charge in [0, 0.05) is 12.8 Å². The molecule has 4 saturated carbocycles. The lowest BCUT2D eigenvalue weighted by atomic mass is 9.33. The van der Waals surface area contributed by atoms with Gasteiger partial charge in [0.25, 0.3) is 0 Å². The minimum atomic E-state index is -2.27. The summed E-state index contributed by atoms with van der Waals surface area (Å²) in [6, 6.07) is 0. The van der Waals surface area contributed by atoms with E-state index in [1.165, 1.54) is 13.8 Å². The number of aliphatic hydroxyl groups excluding tert-OH is 21. The minimum Gasteiger partial charge on any atom is -0.479 e. The first-order valence-electron chi connectivity index (χ1n) is 48.3. The van der Waals surface area contributed by atoms with E-state index < -0.39 is 384 Å². The van der Waals surface area contributed by atoms with Crippen molar-refractivity contribution in [3.63, 3.8) is 0 Å². The second-order valence-electron chi connectivity index (χ2n) is 42.6. The van der Waals surface area contributed by atoms with Crippen molar-refractivity contribution in [3.8, 4) is 0 Å². The van der Waals surface area contributed by atoms with Crippen molar-refractivity contribution >= 4 is 30.2 Å². The number of carbonyl (C=O) groups excluding carboxylic acids is 4. The van der Waals surface area contributed by atoms with E-state index in [1.807, 2.05) is 27.7 Å². The first-order valence-corrected chi connectivity index (χ1v) is 48.3. The van der Waals surface area contributed by atoms with Crippen molar-refractivity contribution in [2.24, 2.45) is 62.1 Å². The zero-order valence-electron chi connectivity index (χ0n) is 79.7. The molecule has 23 N–H and O–H groups in total. The number of carboxylic acids is 1. The maximum Gasteiger partial charge on any atom is 0.335 e. The third kappa shape index (κ3) is 21.4. The molecule has 13 aliphatic rings. The van der Waals surface area contributed by atoms with Gasteiger partial charge >= 0.3 is 23.9 Å². The number of rotatable bonds is 35. The van der Waals surface area contributed by atoms with Crippen LogP contribution in [0.1, 0.15) is 179 Å². The Bertz CT molecular complexity index is 4100. The molecule has 46 heteroatoms. The van der Waals surface area contributed by atoms with Gasteiger partial charge in [-0.2, -0.15) is 0 Å². The van der Waals surface area contributed by atoms with Crippen LogP contribution >= 0.6 is 0 Å². The van der Waals surface area contributed by atoms with Crippen molar-refractivity contribution in [1.82, 2.24) is 0 Å². The van der Waals surface area contributed by atoms with Crippen LogP contribution in [-0.4, -0.2) is 439 Å². The van der Waals surface area contributed by atoms with Crippen molar-refractivity contribution in [2.45, 2.75) is 431 Å². The molecule has 138 heavy (non-hydrogen) atoms. The Morgan fingerprint density at radius 3 is 1.68 bits per heavy atom. The van der Waals surface area contributed by atoms with Crippen LogP contribution in [0.25, 0.3) is 0 Å². The van der Waals surface area contributed by atoms with Crippen molar-refractivity contribution in [2.75, 3.05) is 39.6 Å². The van der Waals surface area contributed by atoms with E-state index in [0.717, 1.165) is 11.9 Å². The zero-order valence-corrected chi connectivity index (χ0v) is 79.7. The number of carbonyl (C=O) groups is 5. The average Bonchev–Trinajstić information content (AvgIpc) is 0.696. The van der Waals surface area contributed by atoms with Gasteiger partial charge in [0.15, 0.2) is 62.3 Å². The van der Waals surface area contributed by atoms with Gasteiger partial charge < -0.3 is 208 Å². The lowest BCUT2D eigenvalue weighted by Gasteiger charge is -2.71. The van der Waals surface area contributed by atoms with Crippen LogP contribution in [0.2, 0.25) is 0 Å². The number of aliphatic carboxylic acids is 1. The predicted octanol–water partition coefficient (Wildman–Crippen LogP) is -5.69. The van der Waals surface area contributed by atoms with Crippen LogP contribution in [-0.2, 0) is 109 Å². The van der Waals surface area contributed by atoms with Crippen LogP contribution in [0, 0.1) is 62.1 Å². The highest BCUT2D eigenvalue weighted by Gasteiger charge is 2.74. The quantitative estimate of drug-likeness (QED) is 0.00924. The van der Waals surface area contributed by atoms with Crippen LogP contribution < -0.4 is 0 Å². The minimum absolute atomic E-state index is 0.00157. The number of aldehydes is 1. The van der Waals surface area contributed by atoms with Crippen LogP contribution in [0.4, 0.5) is 0 Å². The molecule has 38 unspecified atom stereocenters. The molecule has 0 spiro atoms. The van der Waals surface area contributed by atoms with E-state index in [9.17, 15) is 137 Å². The molecular weight excluding hydrogens is 1840 g/mol. The van der Waals surface area contributed by atoms with Gasteiger partial charge in [0.2, 0.25) is 6.29 Å². The van der Waals surface area contributed by atoms with Crippen LogP contribution in [0.3, 0.4) is 0 Å².